The van der Waals surface area contributed by atoms with Gasteiger partial charge in [0.1, 0.15) is 0 Å². The van der Waals surface area contributed by atoms with E-state index in [1.165, 1.54) is 5.56 Å². The molecule has 0 N–H and O–H groups in total. The van der Waals surface area contributed by atoms with E-state index in [2.05, 4.69) is 58.5 Å². The van der Waals surface area contributed by atoms with Crippen molar-refractivity contribution >= 4 is 6.08 Å². The van der Waals surface area contributed by atoms with Gasteiger partial charge >= 0.3 is 0 Å². The van der Waals surface area contributed by atoms with Gasteiger partial charge in [-0.2, -0.15) is 0 Å². The summed E-state index contributed by atoms with van der Waals surface area (Å²) in [6, 6.07) is 8.44. The molecule has 174 valence electrons. The average Bonchev–Trinajstić information content (AvgIpc) is 2.70. The summed E-state index contributed by atoms with van der Waals surface area (Å²) in [6.45, 7) is 15.5. The van der Waals surface area contributed by atoms with Crippen LogP contribution in [0, 0.1) is 28.7 Å². The minimum Gasteiger partial charge on any atom is -0.377 e. The maximum absolute atomic E-state index is 14.8. The molecule has 0 spiro atoms. The molecule has 1 fully saturated rings. The van der Waals surface area contributed by atoms with E-state index in [-0.39, 0.29) is 23.4 Å². The number of hydrogen-bond donors (Lipinski definition) is 0. The van der Waals surface area contributed by atoms with E-state index in [1.807, 2.05) is 0 Å². The first-order valence-corrected chi connectivity index (χ1v) is 10.9. The summed E-state index contributed by atoms with van der Waals surface area (Å²) in [5.41, 5.74) is -0.352. The van der Waals surface area contributed by atoms with Gasteiger partial charge in [0.25, 0.3) is 0 Å². The third kappa shape index (κ3) is 4.36. The Bertz CT molecular complexity index is 988. The molecule has 2 unspecified atom stereocenters. The number of ether oxygens (including phenoxy) is 1. The van der Waals surface area contributed by atoms with Gasteiger partial charge in [0, 0.05) is 11.0 Å². The molecule has 0 amide bonds. The van der Waals surface area contributed by atoms with Crippen LogP contribution in [0.5, 0.6) is 0 Å². The Morgan fingerprint density at radius 1 is 0.969 bits per heavy atom. The molecule has 2 aromatic rings. The van der Waals surface area contributed by atoms with E-state index in [4.69, 9.17) is 4.74 Å². The summed E-state index contributed by atoms with van der Waals surface area (Å²) in [6.07, 6.45) is 1.44. The molecule has 1 heterocycles. The van der Waals surface area contributed by atoms with E-state index in [0.717, 1.165) is 18.1 Å². The highest BCUT2D eigenvalue weighted by atomic mass is 19.2. The molecule has 2 aromatic carbocycles. The standard InChI is InChI=1S/C27H32F4O/c1-8-18-21(28)23(30)20(24(31)22(18)29)26(5,6)14-19-27(7,15-32-19)13-16-9-11-17(12-10-16)25(2,3)4/h8-12,19H,1,13-15H2,2-7H3. The van der Waals surface area contributed by atoms with Crippen molar-refractivity contribution in [2.24, 2.45) is 5.41 Å². The molecule has 3 rings (SSSR count). The fourth-order valence-corrected chi connectivity index (χ4v) is 4.53. The van der Waals surface area contributed by atoms with Gasteiger partial charge in [0.05, 0.1) is 18.3 Å². The SMILES string of the molecule is C=Cc1c(F)c(F)c(C(C)(C)CC2OCC2(C)Cc2ccc(C(C)(C)C)cc2)c(F)c1F. The van der Waals surface area contributed by atoms with E-state index in [0.29, 0.717) is 6.61 Å². The van der Waals surface area contributed by atoms with Crippen LogP contribution in [-0.2, 0) is 22.0 Å². The molecular weight excluding hydrogens is 416 g/mol. The highest BCUT2D eigenvalue weighted by Gasteiger charge is 2.48. The Balaban J connectivity index is 1.84. The van der Waals surface area contributed by atoms with Crippen LogP contribution in [-0.4, -0.2) is 12.7 Å². The number of hydrogen-bond acceptors (Lipinski definition) is 1. The van der Waals surface area contributed by atoms with Crippen molar-refractivity contribution < 1.29 is 22.3 Å². The Morgan fingerprint density at radius 2 is 1.50 bits per heavy atom. The van der Waals surface area contributed by atoms with Crippen LogP contribution >= 0.6 is 0 Å². The molecule has 0 radical (unpaired) electrons. The van der Waals surface area contributed by atoms with Crippen LogP contribution in [0.25, 0.3) is 6.08 Å². The summed E-state index contributed by atoms with van der Waals surface area (Å²) < 4.78 is 64.0. The molecule has 0 aliphatic carbocycles. The molecule has 0 bridgehead atoms. The Hall–Kier alpha value is -2.14. The lowest BCUT2D eigenvalue weighted by Crippen LogP contribution is -2.53. The predicted octanol–water partition coefficient (Wildman–Crippen LogP) is 7.50. The van der Waals surface area contributed by atoms with Crippen molar-refractivity contribution in [3.63, 3.8) is 0 Å². The van der Waals surface area contributed by atoms with Gasteiger partial charge in [0.15, 0.2) is 23.3 Å². The van der Waals surface area contributed by atoms with E-state index in [9.17, 15) is 17.6 Å². The van der Waals surface area contributed by atoms with Crippen molar-refractivity contribution in [2.75, 3.05) is 6.61 Å². The minimum atomic E-state index is -1.42. The third-order valence-electron chi connectivity index (χ3n) is 6.69. The quantitative estimate of drug-likeness (QED) is 0.328. The first kappa shape index (κ1) is 24.5. The Kier molecular flexibility index (Phi) is 6.38. The Labute approximate surface area is 188 Å². The van der Waals surface area contributed by atoms with Crippen molar-refractivity contribution in [2.45, 2.75) is 71.3 Å². The second kappa shape index (κ2) is 8.33. The normalized spacial score (nSPS) is 21.4. The highest BCUT2D eigenvalue weighted by molar-refractivity contribution is 5.51. The third-order valence-corrected chi connectivity index (χ3v) is 6.69. The molecule has 5 heteroatoms. The van der Waals surface area contributed by atoms with Crippen molar-refractivity contribution in [1.82, 2.24) is 0 Å². The first-order valence-electron chi connectivity index (χ1n) is 10.9. The van der Waals surface area contributed by atoms with Gasteiger partial charge in [0.2, 0.25) is 0 Å². The topological polar surface area (TPSA) is 9.23 Å². The largest absolute Gasteiger partial charge is 0.377 e. The monoisotopic (exact) mass is 448 g/mol. The zero-order valence-electron chi connectivity index (χ0n) is 19.7. The van der Waals surface area contributed by atoms with Gasteiger partial charge in [-0.05, 0) is 34.8 Å². The van der Waals surface area contributed by atoms with E-state index < -0.39 is 39.8 Å². The summed E-state index contributed by atoms with van der Waals surface area (Å²) in [5, 5.41) is 0. The zero-order chi connectivity index (χ0) is 24.1. The lowest BCUT2D eigenvalue weighted by Gasteiger charge is -2.50. The van der Waals surface area contributed by atoms with Crippen LogP contribution in [0.15, 0.2) is 30.8 Å². The first-order chi connectivity index (χ1) is 14.7. The van der Waals surface area contributed by atoms with Crippen LogP contribution in [0.3, 0.4) is 0 Å². The Morgan fingerprint density at radius 3 is 1.91 bits per heavy atom. The number of halogens is 4. The molecule has 0 aromatic heterocycles. The van der Waals surface area contributed by atoms with Gasteiger partial charge in [-0.25, -0.2) is 17.6 Å². The van der Waals surface area contributed by atoms with Gasteiger partial charge in [-0.3, -0.25) is 0 Å². The molecule has 1 nitrogen and oxygen atoms in total. The van der Waals surface area contributed by atoms with Crippen molar-refractivity contribution in [3.8, 4) is 0 Å². The fourth-order valence-electron chi connectivity index (χ4n) is 4.53. The van der Waals surface area contributed by atoms with Crippen LogP contribution in [0.1, 0.15) is 70.2 Å². The molecule has 1 saturated heterocycles. The molecule has 0 saturated carbocycles. The number of rotatable bonds is 6. The van der Waals surface area contributed by atoms with Crippen molar-refractivity contribution in [3.05, 3.63) is 76.4 Å². The summed E-state index contributed by atoms with van der Waals surface area (Å²) in [4.78, 5) is 0. The van der Waals surface area contributed by atoms with Gasteiger partial charge in [-0.1, -0.05) is 78.5 Å². The lowest BCUT2D eigenvalue weighted by molar-refractivity contribution is -0.185. The van der Waals surface area contributed by atoms with Crippen LogP contribution in [0.2, 0.25) is 0 Å². The second-order valence-corrected chi connectivity index (χ2v) is 10.9. The molecule has 32 heavy (non-hydrogen) atoms. The van der Waals surface area contributed by atoms with Crippen LogP contribution < -0.4 is 0 Å². The minimum absolute atomic E-state index is 0.0639. The van der Waals surface area contributed by atoms with E-state index >= 15 is 0 Å². The molecule has 1 aliphatic heterocycles. The molecule has 2 atom stereocenters. The maximum Gasteiger partial charge on any atom is 0.169 e. The summed E-state index contributed by atoms with van der Waals surface area (Å²) in [5.74, 6) is -5.58. The summed E-state index contributed by atoms with van der Waals surface area (Å²) >= 11 is 0. The lowest BCUT2D eigenvalue weighted by atomic mass is 9.67. The average molecular weight is 449 g/mol. The van der Waals surface area contributed by atoms with E-state index in [1.54, 1.807) is 13.8 Å². The molecular formula is C27H32F4O. The van der Waals surface area contributed by atoms with Crippen LogP contribution in [0.4, 0.5) is 17.6 Å². The predicted molar refractivity (Wildman–Crippen MR) is 121 cm³/mol. The maximum atomic E-state index is 14.8. The number of benzene rings is 2. The van der Waals surface area contributed by atoms with Crippen molar-refractivity contribution in [1.29, 1.82) is 0 Å². The smallest absolute Gasteiger partial charge is 0.169 e. The summed E-state index contributed by atoms with van der Waals surface area (Å²) in [7, 11) is 0. The highest BCUT2D eigenvalue weighted by Crippen LogP contribution is 2.46. The molecule has 1 aliphatic rings. The van der Waals surface area contributed by atoms with Gasteiger partial charge in [-0.15, -0.1) is 0 Å². The van der Waals surface area contributed by atoms with Gasteiger partial charge < -0.3 is 4.74 Å². The fraction of sp³-hybridized carbons (Fsp3) is 0.481. The zero-order valence-corrected chi connectivity index (χ0v) is 19.7. The second-order valence-electron chi connectivity index (χ2n) is 10.9.